The Hall–Kier alpha value is -3.42. The van der Waals surface area contributed by atoms with E-state index in [-0.39, 0.29) is 11.8 Å². The maximum absolute atomic E-state index is 13.1. The number of carbonyl (C=O) groups excluding carboxylic acids is 2. The minimum atomic E-state index is -0.267. The number of pyridine rings is 1. The summed E-state index contributed by atoms with van der Waals surface area (Å²) in [5, 5.41) is 8.06. The van der Waals surface area contributed by atoms with Crippen molar-refractivity contribution in [3.8, 4) is 22.6 Å². The van der Waals surface area contributed by atoms with Crippen LogP contribution >= 0.6 is 22.9 Å². The molecule has 0 fully saturated rings. The number of carbonyl (C=O) groups is 2. The van der Waals surface area contributed by atoms with Crippen molar-refractivity contribution < 1.29 is 14.0 Å². The van der Waals surface area contributed by atoms with E-state index >= 15 is 0 Å². The number of hydrogen-bond acceptors (Lipinski definition) is 5. The molecule has 0 aliphatic rings. The Morgan fingerprint density at radius 3 is 2.66 bits per heavy atom. The summed E-state index contributed by atoms with van der Waals surface area (Å²) in [6.07, 6.45) is 1.65. The van der Waals surface area contributed by atoms with Crippen LogP contribution in [0.15, 0.2) is 64.5 Å². The summed E-state index contributed by atoms with van der Waals surface area (Å²) in [5.41, 5.74) is 2.55. The van der Waals surface area contributed by atoms with Crippen molar-refractivity contribution in [2.75, 3.05) is 5.32 Å². The van der Waals surface area contributed by atoms with Crippen molar-refractivity contribution in [3.63, 3.8) is 0 Å². The van der Waals surface area contributed by atoms with Crippen LogP contribution in [0.3, 0.4) is 0 Å². The molecule has 0 spiro atoms. The van der Waals surface area contributed by atoms with Crippen LogP contribution in [0, 0.1) is 6.92 Å². The molecule has 2 amide bonds. The van der Waals surface area contributed by atoms with Gasteiger partial charge >= 0.3 is 0 Å². The van der Waals surface area contributed by atoms with Gasteiger partial charge in [0.25, 0.3) is 5.91 Å². The highest BCUT2D eigenvalue weighted by atomic mass is 35.5. The predicted molar refractivity (Wildman–Crippen MR) is 127 cm³/mol. The molecule has 0 unspecified atom stereocenters. The lowest BCUT2D eigenvalue weighted by atomic mass is 10.1. The fourth-order valence-electron chi connectivity index (χ4n) is 3.25. The second kappa shape index (κ2) is 9.38. The molecule has 0 radical (unpaired) electrons. The number of rotatable bonds is 6. The number of halogens is 1. The van der Waals surface area contributed by atoms with Gasteiger partial charge < -0.3 is 15.1 Å². The first kappa shape index (κ1) is 21.8. The van der Waals surface area contributed by atoms with E-state index in [9.17, 15) is 9.59 Å². The van der Waals surface area contributed by atoms with E-state index in [0.29, 0.717) is 40.0 Å². The molecule has 0 atom stereocenters. The van der Waals surface area contributed by atoms with Crippen molar-refractivity contribution >= 4 is 40.6 Å². The molecule has 2 N–H and O–H groups in total. The number of anilines is 1. The minimum absolute atomic E-state index is 0.225. The van der Waals surface area contributed by atoms with Crippen LogP contribution in [0.5, 0.6) is 0 Å². The number of furan rings is 1. The zero-order valence-electron chi connectivity index (χ0n) is 17.4. The Kier molecular flexibility index (Phi) is 6.39. The highest BCUT2D eigenvalue weighted by molar-refractivity contribution is 7.09. The van der Waals surface area contributed by atoms with Gasteiger partial charge in [0.2, 0.25) is 5.91 Å². The number of aromatic nitrogens is 1. The molecule has 3 heterocycles. The van der Waals surface area contributed by atoms with Gasteiger partial charge in [0.15, 0.2) is 0 Å². The van der Waals surface area contributed by atoms with Crippen LogP contribution in [0.4, 0.5) is 5.82 Å². The number of nitrogens with zero attached hydrogens (tertiary/aromatic N) is 1. The average molecular weight is 466 g/mol. The molecule has 4 aromatic rings. The molecule has 6 nitrogen and oxygen atoms in total. The highest BCUT2D eigenvalue weighted by Gasteiger charge is 2.23. The van der Waals surface area contributed by atoms with E-state index in [2.05, 4.69) is 15.6 Å². The van der Waals surface area contributed by atoms with Crippen LogP contribution in [-0.4, -0.2) is 16.8 Å². The van der Waals surface area contributed by atoms with Gasteiger partial charge in [-0.05, 0) is 48.2 Å². The minimum Gasteiger partial charge on any atom is -0.455 e. The fourth-order valence-corrected chi connectivity index (χ4v) is 4.12. The molecule has 0 aliphatic heterocycles. The molecule has 0 saturated carbocycles. The molecule has 1 aromatic carbocycles. The normalized spacial score (nSPS) is 10.7. The highest BCUT2D eigenvalue weighted by Crippen LogP contribution is 2.37. The van der Waals surface area contributed by atoms with E-state index in [1.54, 1.807) is 35.7 Å². The third-order valence-electron chi connectivity index (χ3n) is 4.77. The van der Waals surface area contributed by atoms with Crippen LogP contribution < -0.4 is 10.6 Å². The number of aryl methyl sites for hydroxylation is 1. The van der Waals surface area contributed by atoms with E-state index in [0.717, 1.165) is 16.0 Å². The number of benzene rings is 1. The molecule has 0 bridgehead atoms. The number of thiophene rings is 1. The Morgan fingerprint density at radius 2 is 1.94 bits per heavy atom. The number of nitrogens with one attached hydrogen (secondary N) is 2. The van der Waals surface area contributed by atoms with Crippen LogP contribution in [-0.2, 0) is 11.3 Å². The molecule has 32 heavy (non-hydrogen) atoms. The second-order valence-corrected chi connectivity index (χ2v) is 8.60. The Morgan fingerprint density at radius 1 is 1.12 bits per heavy atom. The summed E-state index contributed by atoms with van der Waals surface area (Å²) in [4.78, 5) is 29.8. The maximum atomic E-state index is 13.1. The van der Waals surface area contributed by atoms with E-state index in [4.69, 9.17) is 16.0 Å². The van der Waals surface area contributed by atoms with Crippen molar-refractivity contribution in [3.05, 3.63) is 81.1 Å². The van der Waals surface area contributed by atoms with E-state index in [1.807, 2.05) is 42.6 Å². The van der Waals surface area contributed by atoms with Crippen molar-refractivity contribution in [2.45, 2.75) is 20.4 Å². The van der Waals surface area contributed by atoms with Crippen LogP contribution in [0.1, 0.15) is 27.7 Å². The summed E-state index contributed by atoms with van der Waals surface area (Å²) < 4.78 is 6.18. The SMILES string of the molecule is CC(=O)Nc1cc(-c2cc(C(=O)NCc3cccs3)c(-c3ccccc3Cl)o2)c(C)cn1. The predicted octanol–water partition coefficient (Wildman–Crippen LogP) is 5.92. The lowest BCUT2D eigenvalue weighted by molar-refractivity contribution is -0.114. The molecule has 4 rings (SSSR count). The fraction of sp³-hybridized carbons (Fsp3) is 0.125. The molecule has 162 valence electrons. The smallest absolute Gasteiger partial charge is 0.255 e. The first-order chi connectivity index (χ1) is 15.4. The summed E-state index contributed by atoms with van der Waals surface area (Å²) >= 11 is 7.99. The summed E-state index contributed by atoms with van der Waals surface area (Å²) in [6, 6.07) is 14.5. The zero-order valence-corrected chi connectivity index (χ0v) is 19.0. The quantitative estimate of drug-likeness (QED) is 0.370. The van der Waals surface area contributed by atoms with Gasteiger partial charge in [-0.1, -0.05) is 29.8 Å². The van der Waals surface area contributed by atoms with Crippen LogP contribution in [0.25, 0.3) is 22.6 Å². The standard InChI is InChI=1S/C24H20ClN3O3S/c1-14-12-26-22(28-15(2)29)11-18(14)21-10-19(24(30)27-13-16-6-5-9-32-16)23(31-21)17-7-3-4-8-20(17)25/h3-12H,13H2,1-2H3,(H,27,30)(H,26,28,29). The Labute approximate surface area is 194 Å². The first-order valence-corrected chi connectivity index (χ1v) is 11.1. The van der Waals surface area contributed by atoms with Crippen molar-refractivity contribution in [1.82, 2.24) is 10.3 Å². The second-order valence-electron chi connectivity index (χ2n) is 7.16. The lowest BCUT2D eigenvalue weighted by Crippen LogP contribution is -2.22. The largest absolute Gasteiger partial charge is 0.455 e. The molecule has 0 aliphatic carbocycles. The first-order valence-electron chi connectivity index (χ1n) is 9.86. The van der Waals surface area contributed by atoms with E-state index in [1.165, 1.54) is 6.92 Å². The average Bonchev–Trinajstić information content (AvgIpc) is 3.43. The summed E-state index contributed by atoms with van der Waals surface area (Å²) in [6.45, 7) is 3.72. The lowest BCUT2D eigenvalue weighted by Gasteiger charge is -2.07. The number of hydrogen-bond donors (Lipinski definition) is 2. The van der Waals surface area contributed by atoms with Crippen molar-refractivity contribution in [2.24, 2.45) is 0 Å². The zero-order chi connectivity index (χ0) is 22.7. The molecule has 8 heteroatoms. The number of amides is 2. The van der Waals surface area contributed by atoms with Gasteiger partial charge in [0, 0.05) is 29.1 Å². The van der Waals surface area contributed by atoms with Crippen LogP contribution in [0.2, 0.25) is 5.02 Å². The molecular weight excluding hydrogens is 446 g/mol. The third-order valence-corrected chi connectivity index (χ3v) is 5.98. The van der Waals surface area contributed by atoms with Gasteiger partial charge in [0.1, 0.15) is 17.3 Å². The van der Waals surface area contributed by atoms with Gasteiger partial charge in [-0.25, -0.2) is 4.98 Å². The Balaban J connectivity index is 1.77. The Bertz CT molecular complexity index is 1280. The topological polar surface area (TPSA) is 84.2 Å². The maximum Gasteiger partial charge on any atom is 0.255 e. The van der Waals surface area contributed by atoms with E-state index < -0.39 is 0 Å². The van der Waals surface area contributed by atoms with Gasteiger partial charge in [-0.2, -0.15) is 0 Å². The molecular formula is C24H20ClN3O3S. The third kappa shape index (κ3) is 4.74. The monoisotopic (exact) mass is 465 g/mol. The molecule has 0 saturated heterocycles. The molecule has 3 aromatic heterocycles. The van der Waals surface area contributed by atoms with Gasteiger partial charge in [-0.15, -0.1) is 11.3 Å². The summed E-state index contributed by atoms with van der Waals surface area (Å²) in [5.74, 6) is 0.769. The van der Waals surface area contributed by atoms with Crippen molar-refractivity contribution in [1.29, 1.82) is 0 Å². The summed E-state index contributed by atoms with van der Waals surface area (Å²) in [7, 11) is 0. The van der Waals surface area contributed by atoms with Gasteiger partial charge in [0.05, 0.1) is 17.1 Å². The van der Waals surface area contributed by atoms with Gasteiger partial charge in [-0.3, -0.25) is 9.59 Å².